The van der Waals surface area contributed by atoms with Crippen molar-refractivity contribution in [2.75, 3.05) is 14.1 Å². The smallest absolute Gasteiger partial charge is 0.129 e. The van der Waals surface area contributed by atoms with Crippen molar-refractivity contribution in [3.8, 4) is 5.75 Å². The fourth-order valence-electron chi connectivity index (χ4n) is 1.01. The van der Waals surface area contributed by atoms with Crippen molar-refractivity contribution >= 4 is 15.9 Å². The molecular formula is C9H12BrNO. The number of hydrogen-bond donors (Lipinski definition) is 1. The Labute approximate surface area is 80.9 Å². The van der Waals surface area contributed by atoms with E-state index >= 15 is 0 Å². The average molecular weight is 230 g/mol. The van der Waals surface area contributed by atoms with Gasteiger partial charge in [-0.1, -0.05) is 6.07 Å². The molecule has 2 nitrogen and oxygen atoms in total. The van der Waals surface area contributed by atoms with Crippen LogP contribution in [0.4, 0.5) is 0 Å². The standard InChI is InChI=1S/C9H12BrNO/c1-11(2)6-7-3-4-9(12)8(10)5-7/h3-5,12H,6H2,1-2H3. The molecular weight excluding hydrogens is 218 g/mol. The molecule has 0 heterocycles. The van der Waals surface area contributed by atoms with E-state index in [0.29, 0.717) is 0 Å². The van der Waals surface area contributed by atoms with Crippen LogP contribution in [0.25, 0.3) is 0 Å². The minimum Gasteiger partial charge on any atom is -0.507 e. The molecule has 3 heteroatoms. The van der Waals surface area contributed by atoms with Crippen LogP contribution in [0.2, 0.25) is 0 Å². The maximum absolute atomic E-state index is 9.22. The molecule has 0 bridgehead atoms. The molecule has 0 saturated carbocycles. The lowest BCUT2D eigenvalue weighted by Crippen LogP contribution is -2.10. The normalized spacial score (nSPS) is 10.7. The SMILES string of the molecule is CN(C)Cc1ccc(O)c(Br)c1. The van der Waals surface area contributed by atoms with Gasteiger partial charge in [0.15, 0.2) is 0 Å². The molecule has 1 aromatic rings. The van der Waals surface area contributed by atoms with E-state index in [1.807, 2.05) is 26.2 Å². The molecule has 1 rings (SSSR count). The summed E-state index contributed by atoms with van der Waals surface area (Å²) in [6, 6.07) is 5.54. The largest absolute Gasteiger partial charge is 0.507 e. The monoisotopic (exact) mass is 229 g/mol. The van der Waals surface area contributed by atoms with E-state index in [0.717, 1.165) is 11.0 Å². The van der Waals surface area contributed by atoms with Gasteiger partial charge in [0.2, 0.25) is 0 Å². The molecule has 0 aliphatic heterocycles. The summed E-state index contributed by atoms with van der Waals surface area (Å²) in [5.41, 5.74) is 1.18. The van der Waals surface area contributed by atoms with Gasteiger partial charge in [0.25, 0.3) is 0 Å². The van der Waals surface area contributed by atoms with Gasteiger partial charge in [-0.2, -0.15) is 0 Å². The van der Waals surface area contributed by atoms with Gasteiger partial charge in [-0.05, 0) is 47.7 Å². The zero-order valence-electron chi connectivity index (χ0n) is 7.21. The van der Waals surface area contributed by atoms with Gasteiger partial charge < -0.3 is 10.0 Å². The van der Waals surface area contributed by atoms with Gasteiger partial charge in [-0.25, -0.2) is 0 Å². The van der Waals surface area contributed by atoms with E-state index in [1.54, 1.807) is 6.07 Å². The molecule has 0 unspecified atom stereocenters. The Morgan fingerprint density at radius 1 is 1.42 bits per heavy atom. The molecule has 0 spiro atoms. The van der Waals surface area contributed by atoms with E-state index in [4.69, 9.17) is 0 Å². The van der Waals surface area contributed by atoms with E-state index in [1.165, 1.54) is 5.56 Å². The maximum Gasteiger partial charge on any atom is 0.129 e. The lowest BCUT2D eigenvalue weighted by atomic mass is 10.2. The quantitative estimate of drug-likeness (QED) is 0.841. The van der Waals surface area contributed by atoms with Crippen molar-refractivity contribution in [3.05, 3.63) is 28.2 Å². The summed E-state index contributed by atoms with van der Waals surface area (Å²) in [6.45, 7) is 0.888. The highest BCUT2D eigenvalue weighted by Gasteiger charge is 1.99. The summed E-state index contributed by atoms with van der Waals surface area (Å²) >= 11 is 3.27. The summed E-state index contributed by atoms with van der Waals surface area (Å²) in [7, 11) is 4.03. The topological polar surface area (TPSA) is 23.5 Å². The molecule has 0 radical (unpaired) electrons. The first-order valence-electron chi connectivity index (χ1n) is 3.71. The van der Waals surface area contributed by atoms with E-state index in [9.17, 15) is 5.11 Å². The summed E-state index contributed by atoms with van der Waals surface area (Å²) in [5, 5.41) is 9.22. The molecule has 0 aromatic heterocycles. The highest BCUT2D eigenvalue weighted by molar-refractivity contribution is 9.10. The third-order valence-electron chi connectivity index (χ3n) is 1.51. The van der Waals surface area contributed by atoms with Crippen LogP contribution in [0, 0.1) is 0 Å². The fourth-order valence-corrected chi connectivity index (χ4v) is 1.44. The minimum atomic E-state index is 0.289. The third-order valence-corrected chi connectivity index (χ3v) is 2.15. The average Bonchev–Trinajstić information content (AvgIpc) is 1.96. The summed E-state index contributed by atoms with van der Waals surface area (Å²) < 4.78 is 0.752. The Balaban J connectivity index is 2.82. The molecule has 1 N–H and O–H groups in total. The molecule has 0 aliphatic carbocycles. The second-order valence-corrected chi connectivity index (χ2v) is 3.88. The van der Waals surface area contributed by atoms with Gasteiger partial charge in [0.05, 0.1) is 4.47 Å². The number of phenols is 1. The van der Waals surface area contributed by atoms with Gasteiger partial charge >= 0.3 is 0 Å². The van der Waals surface area contributed by atoms with E-state index < -0.39 is 0 Å². The maximum atomic E-state index is 9.22. The predicted molar refractivity (Wildman–Crippen MR) is 53.2 cm³/mol. The summed E-state index contributed by atoms with van der Waals surface area (Å²) in [5.74, 6) is 0.289. The van der Waals surface area contributed by atoms with Crippen LogP contribution in [0.3, 0.4) is 0 Å². The first-order chi connectivity index (χ1) is 5.59. The summed E-state index contributed by atoms with van der Waals surface area (Å²) in [6.07, 6.45) is 0. The Hall–Kier alpha value is -0.540. The van der Waals surface area contributed by atoms with Crippen molar-refractivity contribution in [1.82, 2.24) is 4.90 Å². The van der Waals surface area contributed by atoms with Crippen molar-refractivity contribution in [1.29, 1.82) is 0 Å². The number of aromatic hydroxyl groups is 1. The Kier molecular flexibility index (Phi) is 3.12. The molecule has 0 atom stereocenters. The fraction of sp³-hybridized carbons (Fsp3) is 0.333. The van der Waals surface area contributed by atoms with Gasteiger partial charge in [-0.15, -0.1) is 0 Å². The van der Waals surface area contributed by atoms with Crippen LogP contribution < -0.4 is 0 Å². The number of hydrogen-bond acceptors (Lipinski definition) is 2. The van der Waals surface area contributed by atoms with Crippen LogP contribution in [0.15, 0.2) is 22.7 Å². The Morgan fingerprint density at radius 3 is 2.58 bits per heavy atom. The van der Waals surface area contributed by atoms with Crippen LogP contribution in [0.1, 0.15) is 5.56 Å². The van der Waals surface area contributed by atoms with Crippen molar-refractivity contribution < 1.29 is 5.11 Å². The molecule has 12 heavy (non-hydrogen) atoms. The Morgan fingerprint density at radius 2 is 2.08 bits per heavy atom. The number of benzene rings is 1. The molecule has 0 aliphatic rings. The number of rotatable bonds is 2. The van der Waals surface area contributed by atoms with Crippen molar-refractivity contribution in [3.63, 3.8) is 0 Å². The molecule has 66 valence electrons. The van der Waals surface area contributed by atoms with Crippen LogP contribution in [-0.4, -0.2) is 24.1 Å². The lowest BCUT2D eigenvalue weighted by Gasteiger charge is -2.09. The van der Waals surface area contributed by atoms with Gasteiger partial charge in [0, 0.05) is 6.54 Å². The zero-order valence-corrected chi connectivity index (χ0v) is 8.80. The molecule has 0 amide bonds. The van der Waals surface area contributed by atoms with Crippen LogP contribution in [-0.2, 0) is 6.54 Å². The second kappa shape index (κ2) is 3.92. The number of phenolic OH excluding ortho intramolecular Hbond substituents is 1. The predicted octanol–water partition coefficient (Wildman–Crippen LogP) is 2.22. The highest BCUT2D eigenvalue weighted by Crippen LogP contribution is 2.24. The lowest BCUT2D eigenvalue weighted by molar-refractivity contribution is 0.401. The third kappa shape index (κ3) is 2.50. The first kappa shape index (κ1) is 9.55. The number of halogens is 1. The minimum absolute atomic E-state index is 0.289. The van der Waals surface area contributed by atoms with E-state index in [-0.39, 0.29) is 5.75 Å². The first-order valence-corrected chi connectivity index (χ1v) is 4.51. The van der Waals surface area contributed by atoms with Crippen molar-refractivity contribution in [2.45, 2.75) is 6.54 Å². The highest BCUT2D eigenvalue weighted by atomic mass is 79.9. The van der Waals surface area contributed by atoms with Crippen molar-refractivity contribution in [2.24, 2.45) is 0 Å². The van der Waals surface area contributed by atoms with Gasteiger partial charge in [0.1, 0.15) is 5.75 Å². The van der Waals surface area contributed by atoms with Gasteiger partial charge in [-0.3, -0.25) is 0 Å². The Bertz CT molecular complexity index is 273. The number of nitrogens with zero attached hydrogens (tertiary/aromatic N) is 1. The van der Waals surface area contributed by atoms with E-state index in [2.05, 4.69) is 20.8 Å². The summed E-state index contributed by atoms with van der Waals surface area (Å²) in [4.78, 5) is 2.08. The molecule has 0 saturated heterocycles. The molecule has 0 fully saturated rings. The van der Waals surface area contributed by atoms with Crippen LogP contribution in [0.5, 0.6) is 5.75 Å². The van der Waals surface area contributed by atoms with Crippen LogP contribution >= 0.6 is 15.9 Å². The zero-order chi connectivity index (χ0) is 9.14. The molecule has 1 aromatic carbocycles. The second-order valence-electron chi connectivity index (χ2n) is 3.02.